The molecule has 0 radical (unpaired) electrons. The van der Waals surface area contributed by atoms with E-state index >= 15 is 0 Å². The lowest BCUT2D eigenvalue weighted by Gasteiger charge is -1.74. The first-order chi connectivity index (χ1) is 3.30. The summed E-state index contributed by atoms with van der Waals surface area (Å²) in [6, 6.07) is 0. The van der Waals surface area contributed by atoms with Crippen LogP contribution in [0.3, 0.4) is 0 Å². The van der Waals surface area contributed by atoms with Crippen LogP contribution in [-0.4, -0.2) is 15.5 Å². The van der Waals surface area contributed by atoms with E-state index in [0.717, 1.165) is 0 Å². The Balaban J connectivity index is 3.12. The molecular formula is C2H6N5+. The first-order valence-corrected chi connectivity index (χ1v) is 1.85. The summed E-state index contributed by atoms with van der Waals surface area (Å²) in [5.41, 5.74) is 0. The molecule has 0 spiro atoms. The quantitative estimate of drug-likeness (QED) is 0.296. The van der Waals surface area contributed by atoms with Crippen molar-refractivity contribution in [2.45, 2.75) is 6.92 Å². The maximum atomic E-state index is 5.18. The third-order valence-corrected chi connectivity index (χ3v) is 0.696. The van der Waals surface area contributed by atoms with Gasteiger partial charge in [0, 0.05) is 6.92 Å². The van der Waals surface area contributed by atoms with Crippen molar-refractivity contribution in [3.8, 4) is 0 Å². The van der Waals surface area contributed by atoms with Gasteiger partial charge in [-0.3, -0.25) is 5.84 Å². The van der Waals surface area contributed by atoms with Crippen LogP contribution in [0, 0.1) is 6.92 Å². The first kappa shape index (κ1) is 4.04. The topological polar surface area (TPSA) is 71.5 Å². The summed E-state index contributed by atoms with van der Waals surface area (Å²) in [5.74, 6) is 5.84. The summed E-state index contributed by atoms with van der Waals surface area (Å²) in [5, 5.41) is 9.33. The molecule has 0 atom stereocenters. The van der Waals surface area contributed by atoms with E-state index in [9.17, 15) is 0 Å². The SMILES string of the molecule is Cc1nn[nH][n+]1N. The number of nitrogens with one attached hydrogen (secondary N) is 1. The molecule has 0 aliphatic heterocycles. The van der Waals surface area contributed by atoms with E-state index in [0.29, 0.717) is 5.82 Å². The van der Waals surface area contributed by atoms with Crippen molar-refractivity contribution >= 4 is 0 Å². The summed E-state index contributed by atoms with van der Waals surface area (Å²) in [6.07, 6.45) is 0. The van der Waals surface area contributed by atoms with Crippen LogP contribution in [0.5, 0.6) is 0 Å². The molecule has 0 fully saturated rings. The predicted molar refractivity (Wildman–Crippen MR) is 21.5 cm³/mol. The molecule has 0 aliphatic carbocycles. The van der Waals surface area contributed by atoms with Gasteiger partial charge in [-0.25, -0.2) is 0 Å². The van der Waals surface area contributed by atoms with E-state index in [2.05, 4.69) is 15.5 Å². The van der Waals surface area contributed by atoms with Crippen molar-refractivity contribution in [3.05, 3.63) is 5.82 Å². The molecule has 0 aliphatic rings. The van der Waals surface area contributed by atoms with Crippen molar-refractivity contribution in [2.75, 3.05) is 5.84 Å². The predicted octanol–water partition coefficient (Wildman–Crippen LogP) is -1.89. The fourth-order valence-electron chi connectivity index (χ4n) is 0.263. The lowest BCUT2D eigenvalue weighted by atomic mass is 10.8. The zero-order valence-electron chi connectivity index (χ0n) is 3.92. The molecule has 0 saturated carbocycles. The number of aromatic nitrogens is 4. The highest BCUT2D eigenvalue weighted by molar-refractivity contribution is 4.53. The molecule has 5 heteroatoms. The number of nitrogens with two attached hydrogens (primary N) is 1. The summed E-state index contributed by atoms with van der Waals surface area (Å²) in [7, 11) is 0. The van der Waals surface area contributed by atoms with Gasteiger partial charge in [-0.1, -0.05) is 10.0 Å². The molecule has 0 unspecified atom stereocenters. The van der Waals surface area contributed by atoms with Crippen molar-refractivity contribution in [1.29, 1.82) is 0 Å². The second-order valence-corrected chi connectivity index (χ2v) is 1.22. The van der Waals surface area contributed by atoms with Gasteiger partial charge in [0.2, 0.25) is 0 Å². The van der Waals surface area contributed by atoms with Gasteiger partial charge in [-0.15, -0.1) is 0 Å². The Hall–Kier alpha value is -1.13. The van der Waals surface area contributed by atoms with Gasteiger partial charge in [0.05, 0.1) is 0 Å². The van der Waals surface area contributed by atoms with Crippen molar-refractivity contribution in [2.24, 2.45) is 0 Å². The standard InChI is InChI=1S/C2H5N5/c1-2-4-5-6-7(2)3/h3H2,1H3/p+1. The first-order valence-electron chi connectivity index (χ1n) is 1.85. The maximum absolute atomic E-state index is 5.18. The Morgan fingerprint density at radius 3 is 2.71 bits per heavy atom. The molecule has 0 bridgehead atoms. The van der Waals surface area contributed by atoms with Crippen LogP contribution in [0.15, 0.2) is 0 Å². The number of nitrogens with zero attached hydrogens (tertiary/aromatic N) is 3. The number of aryl methyl sites for hydroxylation is 1. The van der Waals surface area contributed by atoms with Crippen LogP contribution in [0.1, 0.15) is 5.82 Å². The molecule has 1 aromatic heterocycles. The molecule has 0 aromatic carbocycles. The van der Waals surface area contributed by atoms with Crippen molar-refractivity contribution < 1.29 is 4.79 Å². The Morgan fingerprint density at radius 2 is 2.57 bits per heavy atom. The minimum absolute atomic E-state index is 0.667. The molecule has 0 saturated heterocycles. The number of hydrogen-bond donors (Lipinski definition) is 2. The number of H-pyrrole nitrogens is 1. The highest BCUT2D eigenvalue weighted by Crippen LogP contribution is 1.64. The van der Waals surface area contributed by atoms with Gasteiger partial charge in [-0.05, 0) is 0 Å². The van der Waals surface area contributed by atoms with Crippen LogP contribution < -0.4 is 10.6 Å². The largest absolute Gasteiger partial charge is 0.320 e. The molecule has 5 nitrogen and oxygen atoms in total. The highest BCUT2D eigenvalue weighted by atomic mass is 15.6. The molecule has 1 aromatic rings. The number of aromatic amines is 1. The lowest BCUT2D eigenvalue weighted by Crippen LogP contribution is -2.48. The molecular weight excluding hydrogens is 94.1 g/mol. The minimum atomic E-state index is 0.667. The summed E-state index contributed by atoms with van der Waals surface area (Å²) < 4.78 is 0. The van der Waals surface area contributed by atoms with Gasteiger partial charge in [-0.2, -0.15) is 0 Å². The Bertz CT molecular complexity index is 138. The average molecular weight is 100 g/mol. The van der Waals surface area contributed by atoms with Gasteiger partial charge >= 0.3 is 5.82 Å². The number of rotatable bonds is 0. The van der Waals surface area contributed by atoms with Crippen LogP contribution >= 0.6 is 0 Å². The fraction of sp³-hybridized carbons (Fsp3) is 0.500. The molecule has 1 heterocycles. The minimum Gasteiger partial charge on any atom is -0.272 e. The molecule has 3 N–H and O–H groups in total. The summed E-state index contributed by atoms with van der Waals surface area (Å²) in [6.45, 7) is 1.75. The fourth-order valence-corrected chi connectivity index (χ4v) is 0.263. The zero-order chi connectivity index (χ0) is 5.28. The summed E-state index contributed by atoms with van der Waals surface area (Å²) >= 11 is 0. The Labute approximate surface area is 40.1 Å². The zero-order valence-corrected chi connectivity index (χ0v) is 3.92. The molecule has 38 valence electrons. The molecule has 7 heavy (non-hydrogen) atoms. The van der Waals surface area contributed by atoms with E-state index in [-0.39, 0.29) is 0 Å². The number of hydrogen-bond acceptors (Lipinski definition) is 3. The van der Waals surface area contributed by atoms with Crippen LogP contribution in [-0.2, 0) is 0 Å². The van der Waals surface area contributed by atoms with Gasteiger partial charge < -0.3 is 0 Å². The van der Waals surface area contributed by atoms with Gasteiger partial charge in [0.1, 0.15) is 5.10 Å². The second kappa shape index (κ2) is 1.18. The highest BCUT2D eigenvalue weighted by Gasteiger charge is 2.00. The number of tetrazole rings is 1. The van der Waals surface area contributed by atoms with E-state index in [1.165, 1.54) is 4.79 Å². The molecule has 1 rings (SSSR count). The third-order valence-electron chi connectivity index (χ3n) is 0.696. The van der Waals surface area contributed by atoms with E-state index < -0.39 is 0 Å². The summed E-state index contributed by atoms with van der Waals surface area (Å²) in [4.78, 5) is 1.24. The normalized spacial score (nSPS) is 9.29. The lowest BCUT2D eigenvalue weighted by molar-refractivity contribution is -0.706. The van der Waals surface area contributed by atoms with E-state index in [1.54, 1.807) is 6.92 Å². The van der Waals surface area contributed by atoms with Crippen LogP contribution in [0.25, 0.3) is 0 Å². The third kappa shape index (κ3) is 0.510. The van der Waals surface area contributed by atoms with Gasteiger partial charge in [0.25, 0.3) is 0 Å². The number of nitrogen functional groups attached to an aromatic ring is 1. The Morgan fingerprint density at radius 1 is 1.86 bits per heavy atom. The van der Waals surface area contributed by atoms with Crippen LogP contribution in [0.4, 0.5) is 0 Å². The van der Waals surface area contributed by atoms with E-state index in [4.69, 9.17) is 5.84 Å². The Kier molecular flexibility index (Phi) is 0.680. The monoisotopic (exact) mass is 100 g/mol. The smallest absolute Gasteiger partial charge is 0.272 e. The van der Waals surface area contributed by atoms with Crippen molar-refractivity contribution in [1.82, 2.24) is 15.5 Å². The molecule has 0 amide bonds. The second-order valence-electron chi connectivity index (χ2n) is 1.22. The maximum Gasteiger partial charge on any atom is 0.320 e. The van der Waals surface area contributed by atoms with Crippen LogP contribution in [0.2, 0.25) is 0 Å². The van der Waals surface area contributed by atoms with E-state index in [1.807, 2.05) is 0 Å². The van der Waals surface area contributed by atoms with Crippen molar-refractivity contribution in [3.63, 3.8) is 0 Å². The van der Waals surface area contributed by atoms with Gasteiger partial charge in [0.15, 0.2) is 5.21 Å². The average Bonchev–Trinajstić information content (AvgIpc) is 1.91.